The standard InChI is InChI=1S/C30H31F2N3O2.C4H4O4/c31-25-13-11-24(12-14-25)28(36)10-5-17-33-18-15-30(16-19-33)29(37)34(21-23-6-4-7-26(32)20-23)22-35(30)27-8-2-1-3-9-27;5-3(6)1-2-4(7)8/h1-4,6-9,11-14,20H,5,10,15-19,21-22H2;1-2H,(H,5,6)(H,7,8). The van der Waals surface area contributed by atoms with E-state index in [-0.39, 0.29) is 23.3 Å². The van der Waals surface area contributed by atoms with Gasteiger partial charge in [0.1, 0.15) is 17.2 Å². The molecule has 0 radical (unpaired) electrons. The van der Waals surface area contributed by atoms with Crippen molar-refractivity contribution in [2.75, 3.05) is 31.2 Å². The van der Waals surface area contributed by atoms with Crippen molar-refractivity contribution in [3.05, 3.63) is 114 Å². The van der Waals surface area contributed by atoms with E-state index in [1.807, 2.05) is 41.3 Å². The molecule has 3 aromatic carbocycles. The molecule has 2 saturated heterocycles. The highest BCUT2D eigenvalue weighted by Gasteiger charge is 2.53. The highest BCUT2D eigenvalue weighted by atomic mass is 19.1. The number of amides is 1. The average Bonchev–Trinajstić information content (AvgIpc) is 3.28. The maximum atomic E-state index is 13.8. The second kappa shape index (κ2) is 15.2. The van der Waals surface area contributed by atoms with Gasteiger partial charge in [-0.25, -0.2) is 18.4 Å². The first-order valence-corrected chi connectivity index (χ1v) is 14.6. The summed E-state index contributed by atoms with van der Waals surface area (Å²) in [5, 5.41) is 15.6. The van der Waals surface area contributed by atoms with Crippen molar-refractivity contribution < 1.29 is 38.2 Å². The Morgan fingerprint density at radius 1 is 0.822 bits per heavy atom. The van der Waals surface area contributed by atoms with Crippen LogP contribution >= 0.6 is 0 Å². The fourth-order valence-corrected chi connectivity index (χ4v) is 5.71. The molecule has 2 aliphatic rings. The van der Waals surface area contributed by atoms with Gasteiger partial charge in [-0.05, 0) is 79.9 Å². The second-order valence-corrected chi connectivity index (χ2v) is 11.0. The number of carbonyl (C=O) groups is 4. The number of halogens is 2. The molecule has 2 N–H and O–H groups in total. The molecule has 0 bridgehead atoms. The molecular formula is C34H35F2N3O6. The van der Waals surface area contributed by atoms with E-state index in [9.17, 15) is 28.0 Å². The quantitative estimate of drug-likeness (QED) is 0.241. The molecule has 45 heavy (non-hydrogen) atoms. The number of likely N-dealkylation sites (tertiary alicyclic amines) is 1. The number of carbonyl (C=O) groups excluding carboxylic acids is 2. The van der Waals surface area contributed by atoms with Gasteiger partial charge in [0.15, 0.2) is 5.78 Å². The molecule has 0 aromatic heterocycles. The lowest BCUT2D eigenvalue weighted by Gasteiger charge is -2.43. The number of aliphatic carboxylic acids is 2. The number of benzene rings is 3. The first-order valence-electron chi connectivity index (χ1n) is 14.6. The predicted octanol–water partition coefficient (Wildman–Crippen LogP) is 4.98. The lowest BCUT2D eigenvalue weighted by Crippen LogP contribution is -2.56. The van der Waals surface area contributed by atoms with Crippen molar-refractivity contribution in [2.24, 2.45) is 0 Å². The minimum Gasteiger partial charge on any atom is -0.478 e. The molecule has 2 fully saturated rings. The second-order valence-electron chi connectivity index (χ2n) is 11.0. The van der Waals surface area contributed by atoms with Crippen LogP contribution in [0.25, 0.3) is 0 Å². The zero-order chi connectivity index (χ0) is 32.4. The smallest absolute Gasteiger partial charge is 0.328 e. The van der Waals surface area contributed by atoms with E-state index in [4.69, 9.17) is 10.2 Å². The number of hydrogen-bond acceptors (Lipinski definition) is 6. The van der Waals surface area contributed by atoms with E-state index in [1.54, 1.807) is 6.07 Å². The van der Waals surface area contributed by atoms with Crippen LogP contribution in [0, 0.1) is 11.6 Å². The van der Waals surface area contributed by atoms with Gasteiger partial charge in [-0.3, -0.25) is 9.59 Å². The molecular weight excluding hydrogens is 584 g/mol. The maximum absolute atomic E-state index is 13.8. The molecule has 2 heterocycles. The number of Topliss-reactive ketones (excluding diaryl/α,β-unsaturated/α-hetero) is 1. The number of para-hydroxylation sites is 1. The molecule has 1 amide bonds. The van der Waals surface area contributed by atoms with Gasteiger partial charge >= 0.3 is 11.9 Å². The van der Waals surface area contributed by atoms with Crippen molar-refractivity contribution in [3.8, 4) is 0 Å². The summed E-state index contributed by atoms with van der Waals surface area (Å²) in [6, 6.07) is 22.1. The minimum atomic E-state index is -1.26. The zero-order valence-corrected chi connectivity index (χ0v) is 24.6. The molecule has 1 spiro atoms. The first kappa shape index (κ1) is 33.0. The van der Waals surface area contributed by atoms with E-state index in [1.165, 1.54) is 36.4 Å². The van der Waals surface area contributed by atoms with Crippen LogP contribution in [-0.2, 0) is 20.9 Å². The molecule has 236 valence electrons. The Morgan fingerprint density at radius 3 is 2.07 bits per heavy atom. The summed E-state index contributed by atoms with van der Waals surface area (Å²) in [6.45, 7) is 3.12. The number of carboxylic acid groups (broad SMARTS) is 2. The lowest BCUT2D eigenvalue weighted by molar-refractivity contribution is -0.134. The van der Waals surface area contributed by atoms with Crippen molar-refractivity contribution in [1.29, 1.82) is 0 Å². The molecule has 0 aliphatic carbocycles. The van der Waals surface area contributed by atoms with E-state index in [0.717, 1.165) is 30.9 Å². The first-order chi connectivity index (χ1) is 21.6. The van der Waals surface area contributed by atoms with Crippen LogP contribution in [0.15, 0.2) is 91.0 Å². The van der Waals surface area contributed by atoms with Crippen LogP contribution < -0.4 is 4.90 Å². The summed E-state index contributed by atoms with van der Waals surface area (Å²) >= 11 is 0. The average molecular weight is 620 g/mol. The fraction of sp³-hybridized carbons (Fsp3) is 0.294. The van der Waals surface area contributed by atoms with Gasteiger partial charge in [0.2, 0.25) is 5.91 Å². The van der Waals surface area contributed by atoms with Crippen LogP contribution in [0.5, 0.6) is 0 Å². The Bertz CT molecular complexity index is 1510. The van der Waals surface area contributed by atoms with Crippen LogP contribution in [0.1, 0.15) is 41.6 Å². The summed E-state index contributed by atoms with van der Waals surface area (Å²) in [6.07, 6.45) is 3.61. The third-order valence-electron chi connectivity index (χ3n) is 7.94. The number of anilines is 1. The highest BCUT2D eigenvalue weighted by Crippen LogP contribution is 2.40. The summed E-state index contributed by atoms with van der Waals surface area (Å²) in [7, 11) is 0. The zero-order valence-electron chi connectivity index (χ0n) is 24.6. The molecule has 0 unspecified atom stereocenters. The molecule has 9 nitrogen and oxygen atoms in total. The minimum absolute atomic E-state index is 0.0164. The van der Waals surface area contributed by atoms with Gasteiger partial charge in [-0.1, -0.05) is 30.3 Å². The number of carboxylic acids is 2. The third kappa shape index (κ3) is 8.82. The van der Waals surface area contributed by atoms with Gasteiger partial charge in [-0.2, -0.15) is 0 Å². The normalized spacial score (nSPS) is 16.1. The number of nitrogens with zero attached hydrogens (tertiary/aromatic N) is 3. The molecule has 0 atom stereocenters. The summed E-state index contributed by atoms with van der Waals surface area (Å²) < 4.78 is 26.9. The van der Waals surface area contributed by atoms with Gasteiger partial charge in [0.05, 0.1) is 6.67 Å². The van der Waals surface area contributed by atoms with Crippen LogP contribution in [0.3, 0.4) is 0 Å². The van der Waals surface area contributed by atoms with Gasteiger partial charge in [0, 0.05) is 49.5 Å². The highest BCUT2D eigenvalue weighted by molar-refractivity contribution is 5.96. The van der Waals surface area contributed by atoms with E-state index in [0.29, 0.717) is 56.6 Å². The Morgan fingerprint density at radius 2 is 1.47 bits per heavy atom. The molecule has 11 heteroatoms. The number of ketones is 1. The Hall–Kier alpha value is -4.90. The number of piperidine rings is 1. The summed E-state index contributed by atoms with van der Waals surface area (Å²) in [5.74, 6) is -3.06. The Kier molecular flexibility index (Phi) is 11.2. The Balaban J connectivity index is 0.000000510. The van der Waals surface area contributed by atoms with Crippen LogP contribution in [0.4, 0.5) is 14.5 Å². The lowest BCUT2D eigenvalue weighted by atomic mass is 9.85. The largest absolute Gasteiger partial charge is 0.478 e. The van der Waals surface area contributed by atoms with Crippen LogP contribution in [0.2, 0.25) is 0 Å². The molecule has 5 rings (SSSR count). The summed E-state index contributed by atoms with van der Waals surface area (Å²) in [4.78, 5) is 51.7. The number of hydrogen-bond donors (Lipinski definition) is 2. The molecule has 0 saturated carbocycles. The monoisotopic (exact) mass is 619 g/mol. The maximum Gasteiger partial charge on any atom is 0.328 e. The topological polar surface area (TPSA) is 118 Å². The van der Waals surface area contributed by atoms with Crippen molar-refractivity contribution in [2.45, 2.75) is 37.8 Å². The predicted molar refractivity (Wildman–Crippen MR) is 164 cm³/mol. The van der Waals surface area contributed by atoms with Gasteiger partial charge < -0.3 is 24.9 Å². The Labute approximate surface area is 260 Å². The van der Waals surface area contributed by atoms with Crippen molar-refractivity contribution >= 4 is 29.3 Å². The van der Waals surface area contributed by atoms with E-state index in [2.05, 4.69) is 9.80 Å². The van der Waals surface area contributed by atoms with Gasteiger partial charge in [0.25, 0.3) is 0 Å². The van der Waals surface area contributed by atoms with Crippen molar-refractivity contribution in [1.82, 2.24) is 9.80 Å². The van der Waals surface area contributed by atoms with Crippen molar-refractivity contribution in [3.63, 3.8) is 0 Å². The van der Waals surface area contributed by atoms with E-state index < -0.39 is 17.5 Å². The summed E-state index contributed by atoms with van der Waals surface area (Å²) in [5.41, 5.74) is 1.69. The molecule has 2 aliphatic heterocycles. The van der Waals surface area contributed by atoms with Crippen LogP contribution in [-0.4, -0.2) is 75.5 Å². The molecule has 3 aromatic rings. The SMILES string of the molecule is O=C(CCCN1CCC2(CC1)C(=O)N(Cc1cccc(F)c1)CN2c1ccccc1)c1ccc(F)cc1.O=C(O)C=CC(=O)O. The fourth-order valence-electron chi connectivity index (χ4n) is 5.71. The number of rotatable bonds is 10. The van der Waals surface area contributed by atoms with E-state index >= 15 is 0 Å². The third-order valence-corrected chi connectivity index (χ3v) is 7.94. The van der Waals surface area contributed by atoms with Gasteiger partial charge in [-0.15, -0.1) is 0 Å².